The van der Waals surface area contributed by atoms with E-state index in [0.29, 0.717) is 11.4 Å². The van der Waals surface area contributed by atoms with E-state index in [0.717, 1.165) is 44.8 Å². The van der Waals surface area contributed by atoms with E-state index in [1.165, 1.54) is 0 Å². The lowest BCUT2D eigenvalue weighted by Gasteiger charge is -2.13. The van der Waals surface area contributed by atoms with Gasteiger partial charge in [0.15, 0.2) is 0 Å². The van der Waals surface area contributed by atoms with E-state index >= 15 is 0 Å². The molecule has 0 saturated heterocycles. The molecule has 4 aromatic rings. The van der Waals surface area contributed by atoms with Gasteiger partial charge in [-0.1, -0.05) is 35.9 Å². The molecule has 0 aliphatic heterocycles. The average Bonchev–Trinajstić information content (AvgIpc) is 3.04. The molecular weight excluding hydrogens is 370 g/mol. The standard InChI is InChI=1S/C24H16ClNO2/c25-17-5-1-4-15(9-17)23-13-21(14-3-2-6-18(27)10-14)22-12-16-11-19(28)7-8-20(16)24(22)26-23/h1-11,13,27-28H,12H2. The summed E-state index contributed by atoms with van der Waals surface area (Å²) in [6.45, 7) is 0. The second-order valence-corrected chi connectivity index (χ2v) is 7.40. The van der Waals surface area contributed by atoms with Crippen molar-refractivity contribution < 1.29 is 10.2 Å². The molecule has 1 aromatic heterocycles. The SMILES string of the molecule is Oc1cccc(-c2cc(-c3cccc(Cl)c3)nc3c2Cc2cc(O)ccc2-3)c1. The number of phenolic OH excluding ortho intramolecular Hbond substituents is 2. The summed E-state index contributed by atoms with van der Waals surface area (Å²) in [6, 6.07) is 22.3. The lowest BCUT2D eigenvalue weighted by molar-refractivity contribution is 0.474. The predicted octanol–water partition coefficient (Wildman–Crippen LogP) is 6.05. The Hall–Kier alpha value is -3.30. The molecule has 3 aromatic carbocycles. The summed E-state index contributed by atoms with van der Waals surface area (Å²) in [5.74, 6) is 0.473. The zero-order valence-electron chi connectivity index (χ0n) is 14.9. The summed E-state index contributed by atoms with van der Waals surface area (Å²) in [4.78, 5) is 4.94. The van der Waals surface area contributed by atoms with Gasteiger partial charge in [0, 0.05) is 22.6 Å². The molecule has 0 saturated carbocycles. The lowest BCUT2D eigenvalue weighted by Crippen LogP contribution is -1.94. The molecule has 1 heterocycles. The molecule has 0 amide bonds. The first-order valence-corrected chi connectivity index (χ1v) is 9.38. The smallest absolute Gasteiger partial charge is 0.116 e. The molecule has 0 spiro atoms. The zero-order chi connectivity index (χ0) is 19.3. The Morgan fingerprint density at radius 2 is 1.54 bits per heavy atom. The summed E-state index contributed by atoms with van der Waals surface area (Å²) >= 11 is 6.20. The molecule has 0 atom stereocenters. The van der Waals surface area contributed by atoms with E-state index in [1.807, 2.05) is 48.5 Å². The molecule has 4 heteroatoms. The molecule has 0 radical (unpaired) electrons. The molecule has 5 rings (SSSR count). The fourth-order valence-electron chi connectivity index (χ4n) is 3.85. The van der Waals surface area contributed by atoms with Gasteiger partial charge in [-0.3, -0.25) is 0 Å². The van der Waals surface area contributed by atoms with Crippen LogP contribution >= 0.6 is 11.6 Å². The van der Waals surface area contributed by atoms with Crippen molar-refractivity contribution in [3.05, 3.63) is 88.9 Å². The van der Waals surface area contributed by atoms with E-state index < -0.39 is 0 Å². The Kier molecular flexibility index (Phi) is 3.85. The molecule has 0 fully saturated rings. The molecule has 28 heavy (non-hydrogen) atoms. The predicted molar refractivity (Wildman–Crippen MR) is 112 cm³/mol. The van der Waals surface area contributed by atoms with E-state index in [1.54, 1.807) is 24.3 Å². The lowest BCUT2D eigenvalue weighted by atomic mass is 9.96. The minimum absolute atomic E-state index is 0.223. The van der Waals surface area contributed by atoms with Crippen LogP contribution < -0.4 is 0 Å². The third-order valence-corrected chi connectivity index (χ3v) is 5.35. The first-order chi connectivity index (χ1) is 13.6. The van der Waals surface area contributed by atoms with Crippen LogP contribution in [0.5, 0.6) is 11.5 Å². The fraction of sp³-hybridized carbons (Fsp3) is 0.0417. The second-order valence-electron chi connectivity index (χ2n) is 6.96. The van der Waals surface area contributed by atoms with Crippen LogP contribution in [0.25, 0.3) is 33.6 Å². The number of nitrogens with zero attached hydrogens (tertiary/aromatic N) is 1. The van der Waals surface area contributed by atoms with E-state index in [2.05, 4.69) is 0 Å². The van der Waals surface area contributed by atoms with Crippen LogP contribution in [0.3, 0.4) is 0 Å². The monoisotopic (exact) mass is 385 g/mol. The van der Waals surface area contributed by atoms with Crippen molar-refractivity contribution >= 4 is 11.6 Å². The van der Waals surface area contributed by atoms with Crippen LogP contribution in [0, 0.1) is 0 Å². The van der Waals surface area contributed by atoms with Gasteiger partial charge < -0.3 is 10.2 Å². The Labute approximate surface area is 167 Å². The van der Waals surface area contributed by atoms with Gasteiger partial charge in [-0.25, -0.2) is 4.98 Å². The summed E-state index contributed by atoms with van der Waals surface area (Å²) in [5.41, 5.74) is 7.78. The fourth-order valence-corrected chi connectivity index (χ4v) is 4.04. The van der Waals surface area contributed by atoms with Crippen LogP contribution in [0.1, 0.15) is 11.1 Å². The summed E-state index contributed by atoms with van der Waals surface area (Å²) in [7, 11) is 0. The molecule has 0 unspecified atom stereocenters. The molecule has 2 N–H and O–H groups in total. The maximum atomic E-state index is 9.99. The van der Waals surface area contributed by atoms with Gasteiger partial charge in [-0.05, 0) is 70.8 Å². The quantitative estimate of drug-likeness (QED) is 0.389. The molecule has 136 valence electrons. The number of pyridine rings is 1. The molecule has 1 aliphatic rings. The van der Waals surface area contributed by atoms with Gasteiger partial charge in [0.1, 0.15) is 11.5 Å². The van der Waals surface area contributed by atoms with E-state index in [-0.39, 0.29) is 11.5 Å². The number of aromatic hydroxyl groups is 2. The van der Waals surface area contributed by atoms with Crippen LogP contribution in [0.2, 0.25) is 5.02 Å². The van der Waals surface area contributed by atoms with Gasteiger partial charge in [0.25, 0.3) is 0 Å². The molecule has 1 aliphatic carbocycles. The molecule has 3 nitrogen and oxygen atoms in total. The average molecular weight is 386 g/mol. The summed E-state index contributed by atoms with van der Waals surface area (Å²) in [6.07, 6.45) is 0.687. The first kappa shape index (κ1) is 16.8. The van der Waals surface area contributed by atoms with Gasteiger partial charge in [-0.15, -0.1) is 0 Å². The van der Waals surface area contributed by atoms with Crippen molar-refractivity contribution in [1.29, 1.82) is 0 Å². The van der Waals surface area contributed by atoms with Gasteiger partial charge in [0.2, 0.25) is 0 Å². The van der Waals surface area contributed by atoms with E-state index in [9.17, 15) is 10.2 Å². The number of phenols is 2. The number of aromatic nitrogens is 1. The minimum atomic E-state index is 0.223. The highest BCUT2D eigenvalue weighted by Crippen LogP contribution is 2.43. The maximum Gasteiger partial charge on any atom is 0.116 e. The van der Waals surface area contributed by atoms with Crippen molar-refractivity contribution in [2.24, 2.45) is 0 Å². The highest BCUT2D eigenvalue weighted by Gasteiger charge is 2.25. The highest BCUT2D eigenvalue weighted by molar-refractivity contribution is 6.30. The number of halogens is 1. The van der Waals surface area contributed by atoms with Crippen LogP contribution in [-0.2, 0) is 6.42 Å². The maximum absolute atomic E-state index is 9.99. The van der Waals surface area contributed by atoms with Gasteiger partial charge in [-0.2, -0.15) is 0 Å². The topological polar surface area (TPSA) is 53.4 Å². The van der Waals surface area contributed by atoms with Crippen molar-refractivity contribution in [1.82, 2.24) is 4.98 Å². The normalized spacial score (nSPS) is 11.9. The van der Waals surface area contributed by atoms with E-state index in [4.69, 9.17) is 16.6 Å². The summed E-state index contributed by atoms with van der Waals surface area (Å²) in [5, 5.41) is 20.5. The zero-order valence-corrected chi connectivity index (χ0v) is 15.6. The number of fused-ring (bicyclic) bond motifs is 3. The van der Waals surface area contributed by atoms with Crippen LogP contribution in [0.4, 0.5) is 0 Å². The number of hydrogen-bond acceptors (Lipinski definition) is 3. The molecular formula is C24H16ClNO2. The highest BCUT2D eigenvalue weighted by atomic mass is 35.5. The van der Waals surface area contributed by atoms with Crippen LogP contribution in [0.15, 0.2) is 72.8 Å². The van der Waals surface area contributed by atoms with Crippen LogP contribution in [-0.4, -0.2) is 15.2 Å². The number of benzene rings is 3. The largest absolute Gasteiger partial charge is 0.508 e. The number of hydrogen-bond donors (Lipinski definition) is 2. The Morgan fingerprint density at radius 3 is 2.36 bits per heavy atom. The third-order valence-electron chi connectivity index (χ3n) is 5.11. The van der Waals surface area contributed by atoms with Crippen molar-refractivity contribution in [3.63, 3.8) is 0 Å². The van der Waals surface area contributed by atoms with Gasteiger partial charge in [0.05, 0.1) is 11.4 Å². The van der Waals surface area contributed by atoms with Gasteiger partial charge >= 0.3 is 0 Å². The number of rotatable bonds is 2. The first-order valence-electron chi connectivity index (χ1n) is 9.00. The Balaban J connectivity index is 1.79. The van der Waals surface area contributed by atoms with Crippen molar-refractivity contribution in [3.8, 4) is 45.1 Å². The Morgan fingerprint density at radius 1 is 0.750 bits per heavy atom. The molecule has 0 bridgehead atoms. The third kappa shape index (κ3) is 2.81. The van der Waals surface area contributed by atoms with Crippen molar-refractivity contribution in [2.45, 2.75) is 6.42 Å². The summed E-state index contributed by atoms with van der Waals surface area (Å²) < 4.78 is 0. The Bertz CT molecular complexity index is 1230. The second kappa shape index (κ2) is 6.39. The van der Waals surface area contributed by atoms with Crippen molar-refractivity contribution in [2.75, 3.05) is 0 Å². The minimum Gasteiger partial charge on any atom is -0.508 e.